The maximum absolute atomic E-state index is 14.2. The predicted octanol–water partition coefficient (Wildman–Crippen LogP) is 1.49. The van der Waals surface area contributed by atoms with Gasteiger partial charge in [0.25, 0.3) is 0 Å². The van der Waals surface area contributed by atoms with E-state index < -0.39 is 108 Å². The van der Waals surface area contributed by atoms with E-state index in [9.17, 15) is 38.4 Å². The molecule has 16 heteroatoms. The molecule has 2 spiro atoms. The Morgan fingerprint density at radius 2 is 1.04 bits per heavy atom. The van der Waals surface area contributed by atoms with Crippen LogP contribution in [-0.2, 0) is 57.3 Å². The van der Waals surface area contributed by atoms with Crippen LogP contribution >= 0.6 is 0 Å². The minimum Gasteiger partial charge on any atom is -0.466 e. The molecule has 0 aromatic carbocycles. The average Bonchev–Trinajstić information content (AvgIpc) is 3.78. The van der Waals surface area contributed by atoms with Gasteiger partial charge in [0.2, 0.25) is 35.8 Å². The third kappa shape index (κ3) is 8.69. The number of methoxy groups -OCH3 is 2. The van der Waals surface area contributed by atoms with Gasteiger partial charge in [-0.25, -0.2) is 9.59 Å². The molecule has 3 unspecified atom stereocenters. The van der Waals surface area contributed by atoms with E-state index in [1.165, 1.54) is 0 Å². The molecule has 57 heavy (non-hydrogen) atoms. The Morgan fingerprint density at radius 3 is 1.39 bits per heavy atom. The molecule has 7 aliphatic rings. The van der Waals surface area contributed by atoms with Crippen molar-refractivity contribution in [3.63, 3.8) is 0 Å². The molecule has 1 heterocycles. The van der Waals surface area contributed by atoms with Gasteiger partial charge in [0.05, 0.1) is 50.0 Å². The molecule has 16 nitrogen and oxygen atoms in total. The van der Waals surface area contributed by atoms with Gasteiger partial charge in [-0.05, 0) is 93.3 Å². The van der Waals surface area contributed by atoms with Crippen molar-refractivity contribution in [3.8, 4) is 0 Å². The van der Waals surface area contributed by atoms with Crippen molar-refractivity contribution in [3.05, 3.63) is 12.2 Å². The number of hydrogen-bond acceptors (Lipinski definition) is 12. The predicted molar refractivity (Wildman–Crippen MR) is 200 cm³/mol. The summed E-state index contributed by atoms with van der Waals surface area (Å²) >= 11 is 0. The van der Waals surface area contributed by atoms with Crippen LogP contribution in [0.5, 0.6) is 0 Å². The van der Waals surface area contributed by atoms with Gasteiger partial charge in [0, 0.05) is 0 Å². The smallest absolute Gasteiger partial charge is 0.349 e. The van der Waals surface area contributed by atoms with Gasteiger partial charge >= 0.3 is 23.9 Å². The number of cyclic esters (lactones) is 2. The maximum Gasteiger partial charge on any atom is 0.349 e. The van der Waals surface area contributed by atoms with E-state index in [0.717, 1.165) is 20.6 Å². The summed E-state index contributed by atoms with van der Waals surface area (Å²) in [4.78, 5) is 110. The first-order valence-corrected chi connectivity index (χ1v) is 20.4. The summed E-state index contributed by atoms with van der Waals surface area (Å²) in [5.74, 6) is -7.71. The summed E-state index contributed by atoms with van der Waals surface area (Å²) in [6.07, 6.45) is 4.35. The molecule has 6 fully saturated rings. The Kier molecular flexibility index (Phi) is 12.4. The Bertz CT molecular complexity index is 1550. The van der Waals surface area contributed by atoms with Gasteiger partial charge < -0.3 is 40.2 Å². The molecule has 4 amide bonds. The topological polar surface area (TPSA) is 222 Å². The zero-order valence-electron chi connectivity index (χ0n) is 33.8. The molecule has 5 saturated carbocycles. The highest BCUT2D eigenvalue weighted by Crippen LogP contribution is 2.66. The number of ether oxygens (including phenoxy) is 4. The van der Waals surface area contributed by atoms with Crippen LogP contribution in [0.25, 0.3) is 0 Å². The van der Waals surface area contributed by atoms with Crippen LogP contribution in [0.1, 0.15) is 85.5 Å². The number of esters is 4. The Hall–Kier alpha value is -4.50. The Labute approximate surface area is 333 Å². The summed E-state index contributed by atoms with van der Waals surface area (Å²) in [5.41, 5.74) is -2.27. The van der Waals surface area contributed by atoms with Crippen LogP contribution in [0.4, 0.5) is 0 Å². The molecule has 6 bridgehead atoms. The molecule has 7 rings (SSSR count). The highest BCUT2D eigenvalue weighted by Gasteiger charge is 2.65. The molecule has 0 aromatic rings. The summed E-state index contributed by atoms with van der Waals surface area (Å²) < 4.78 is 21.7. The highest BCUT2D eigenvalue weighted by atomic mass is 16.6. The monoisotopic (exact) mass is 798 g/mol. The number of nitrogens with one attached hydrogen (secondary N) is 4. The van der Waals surface area contributed by atoms with Gasteiger partial charge in [-0.3, -0.25) is 28.8 Å². The van der Waals surface area contributed by atoms with Crippen molar-refractivity contribution in [2.24, 2.45) is 58.2 Å². The quantitative estimate of drug-likeness (QED) is 0.171. The second kappa shape index (κ2) is 16.8. The van der Waals surface area contributed by atoms with Crippen molar-refractivity contribution >= 4 is 47.5 Å². The molecule has 314 valence electrons. The molecular weight excluding hydrogens is 740 g/mol. The van der Waals surface area contributed by atoms with E-state index >= 15 is 0 Å². The lowest BCUT2D eigenvalue weighted by molar-refractivity contribution is -0.203. The first kappa shape index (κ1) is 42.1. The maximum atomic E-state index is 14.2. The molecule has 6 aliphatic carbocycles. The number of amides is 4. The van der Waals surface area contributed by atoms with Gasteiger partial charge in [-0.1, -0.05) is 39.8 Å². The van der Waals surface area contributed by atoms with E-state index in [2.05, 4.69) is 21.3 Å². The van der Waals surface area contributed by atoms with Gasteiger partial charge in [0.15, 0.2) is 0 Å². The summed E-state index contributed by atoms with van der Waals surface area (Å²) in [7, 11) is 2.28. The van der Waals surface area contributed by atoms with Crippen molar-refractivity contribution in [1.82, 2.24) is 21.3 Å². The van der Waals surface area contributed by atoms with Crippen LogP contribution in [0.15, 0.2) is 12.2 Å². The first-order chi connectivity index (χ1) is 27.0. The number of rotatable bonds is 6. The van der Waals surface area contributed by atoms with Crippen molar-refractivity contribution in [1.29, 1.82) is 0 Å². The summed E-state index contributed by atoms with van der Waals surface area (Å²) in [6.45, 7) is 6.69. The van der Waals surface area contributed by atoms with E-state index in [-0.39, 0.29) is 54.8 Å². The fraction of sp³-hybridized carbons (Fsp3) is 0.756. The van der Waals surface area contributed by atoms with Crippen LogP contribution in [-0.4, -0.2) is 99.1 Å². The van der Waals surface area contributed by atoms with Gasteiger partial charge in [-0.15, -0.1) is 0 Å². The van der Waals surface area contributed by atoms with Crippen molar-refractivity contribution < 1.29 is 57.3 Å². The number of carbonyl (C=O) groups excluding carboxylic acids is 8. The normalized spacial score (nSPS) is 38.4. The number of hydrogen-bond donors (Lipinski definition) is 4. The lowest BCUT2D eigenvalue weighted by Crippen LogP contribution is -2.59. The SMILES string of the molecule is COC(=O)[C@@H]1CNC(=O)C(CC(C)C)NC(=O)[C@@H]2[C@H](C(=O)N[C@@H](CC(C)C)C(=O)NC[C@@H](C(=O)OC)OC(=O)C34CC5CC(CC(C5)(C3)C(=O)O1)C4)[C@@H]1C=C[C@H]2C1. The molecule has 0 aromatic heterocycles. The number of carbonyl (C=O) groups is 8. The third-order valence-electron chi connectivity index (χ3n) is 13.0. The average molecular weight is 799 g/mol. The second-order valence-corrected chi connectivity index (χ2v) is 18.2. The summed E-state index contributed by atoms with van der Waals surface area (Å²) in [6, 6.07) is -2.09. The van der Waals surface area contributed by atoms with Crippen LogP contribution in [0.3, 0.4) is 0 Å². The van der Waals surface area contributed by atoms with E-state index in [0.29, 0.717) is 32.1 Å². The molecule has 4 N–H and O–H groups in total. The van der Waals surface area contributed by atoms with Crippen LogP contribution in [0.2, 0.25) is 0 Å². The Morgan fingerprint density at radius 1 is 0.649 bits per heavy atom. The first-order valence-electron chi connectivity index (χ1n) is 20.4. The van der Waals surface area contributed by atoms with Gasteiger partial charge in [0.1, 0.15) is 12.1 Å². The third-order valence-corrected chi connectivity index (χ3v) is 13.0. The molecule has 1 aliphatic heterocycles. The number of allylic oxidation sites excluding steroid dienone is 2. The standard InChI is InChI=1S/C41H58N4O12/c1-20(2)9-26-32(46)42-17-28(36(50)54-5)56-38(52)40-13-22-11-23(14-40)16-41(15-22,19-40)39(53)57-29(37(51)55-6)18-43-33(47)27(10-21(3)4)45-35(49)31-25-8-7-24(12-25)30(31)34(48)44-26/h7-8,20-31H,9-19H2,1-6H3,(H,42,46)(H,43,47)(H,44,48)(H,45,49)/t22?,23?,24-,25+,26+,27?,28+,29+,30-,31+,40?,41?/m1/s1. The Balaban J connectivity index is 1.34. The fourth-order valence-corrected chi connectivity index (χ4v) is 11.0. The minimum atomic E-state index is -1.52. The van der Waals surface area contributed by atoms with Crippen molar-refractivity contribution in [2.75, 3.05) is 27.3 Å². The molecule has 1 saturated heterocycles. The zero-order valence-corrected chi connectivity index (χ0v) is 33.8. The van der Waals surface area contributed by atoms with E-state index in [1.54, 1.807) is 0 Å². The van der Waals surface area contributed by atoms with Crippen LogP contribution in [0, 0.1) is 58.2 Å². The largest absolute Gasteiger partial charge is 0.466 e. The minimum absolute atomic E-state index is 0.0286. The van der Waals surface area contributed by atoms with Gasteiger partial charge in [-0.2, -0.15) is 0 Å². The van der Waals surface area contributed by atoms with E-state index in [4.69, 9.17) is 18.9 Å². The number of fused-ring (bicyclic) bond motifs is 5. The molecule has 10 atom stereocenters. The zero-order chi connectivity index (χ0) is 41.4. The fourth-order valence-electron chi connectivity index (χ4n) is 11.0. The van der Waals surface area contributed by atoms with E-state index in [1.807, 2.05) is 39.8 Å². The molecule has 0 radical (unpaired) electrons. The van der Waals surface area contributed by atoms with Crippen LogP contribution < -0.4 is 21.3 Å². The highest BCUT2D eigenvalue weighted by molar-refractivity contribution is 5.95. The lowest BCUT2D eigenvalue weighted by Gasteiger charge is -2.59. The summed E-state index contributed by atoms with van der Waals surface area (Å²) in [5, 5.41) is 11.1. The molecular formula is C41H58N4O12. The second-order valence-electron chi connectivity index (χ2n) is 18.2. The van der Waals surface area contributed by atoms with Crippen molar-refractivity contribution in [2.45, 2.75) is 110 Å². The lowest BCUT2D eigenvalue weighted by atomic mass is 9.44.